The second kappa shape index (κ2) is 7.09. The quantitative estimate of drug-likeness (QED) is 0.813. The number of carbonyl (C=O) groups excluding carboxylic acids is 1. The zero-order valence-electron chi connectivity index (χ0n) is 12.5. The van der Waals surface area contributed by atoms with Gasteiger partial charge in [0.25, 0.3) is 0 Å². The third kappa shape index (κ3) is 4.20. The summed E-state index contributed by atoms with van der Waals surface area (Å²) in [5.41, 5.74) is 8.33. The van der Waals surface area contributed by atoms with Gasteiger partial charge in [0.05, 0.1) is 18.2 Å². The Bertz CT molecular complexity index is 530. The molecule has 1 fully saturated rings. The molecule has 1 atom stereocenters. The largest absolute Gasteiger partial charge is 0.493 e. The first-order chi connectivity index (χ1) is 10.1. The topological polar surface area (TPSA) is 74.1 Å². The molecule has 1 heterocycles. The Kier molecular flexibility index (Phi) is 5.18. The molecule has 1 amide bonds. The Balaban J connectivity index is 1.79. The first-order valence-electron chi connectivity index (χ1n) is 7.28. The van der Waals surface area contributed by atoms with Gasteiger partial charge in [0.15, 0.2) is 0 Å². The smallest absolute Gasteiger partial charge is 0.234 e. The van der Waals surface area contributed by atoms with Crippen molar-refractivity contribution >= 4 is 5.91 Å². The van der Waals surface area contributed by atoms with Crippen molar-refractivity contribution in [1.29, 1.82) is 5.26 Å². The van der Waals surface area contributed by atoms with Crippen LogP contribution in [0.1, 0.15) is 42.4 Å². The average molecular weight is 287 g/mol. The molecule has 1 aliphatic rings. The number of hydrazine groups is 1. The first kappa shape index (κ1) is 15.3. The number of hydrogen-bond donors (Lipinski definition) is 2. The molecule has 2 N–H and O–H groups in total. The van der Waals surface area contributed by atoms with Crippen LogP contribution in [0, 0.1) is 25.2 Å². The highest BCUT2D eigenvalue weighted by Crippen LogP contribution is 2.24. The second-order valence-corrected chi connectivity index (χ2v) is 5.47. The van der Waals surface area contributed by atoms with Crippen LogP contribution in [0.25, 0.3) is 0 Å². The Morgan fingerprint density at radius 3 is 2.67 bits per heavy atom. The maximum absolute atomic E-state index is 11.0. The lowest BCUT2D eigenvalue weighted by Gasteiger charge is -2.23. The zero-order valence-corrected chi connectivity index (χ0v) is 12.5. The first-order valence-corrected chi connectivity index (χ1v) is 7.28. The highest BCUT2D eigenvalue weighted by molar-refractivity contribution is 5.76. The molecule has 1 unspecified atom stereocenters. The van der Waals surface area contributed by atoms with E-state index in [2.05, 4.69) is 16.9 Å². The van der Waals surface area contributed by atoms with Gasteiger partial charge in [0.2, 0.25) is 5.91 Å². The van der Waals surface area contributed by atoms with Gasteiger partial charge in [0, 0.05) is 12.5 Å². The molecule has 5 nitrogen and oxygen atoms in total. The number of nitrogens with one attached hydrogen (secondary N) is 2. The summed E-state index contributed by atoms with van der Waals surface area (Å²) in [5, 5.41) is 8.93. The maximum Gasteiger partial charge on any atom is 0.234 e. The summed E-state index contributed by atoms with van der Waals surface area (Å²) in [7, 11) is 0. The minimum atomic E-state index is 0.0614. The lowest BCUT2D eigenvalue weighted by atomic mass is 10.0. The summed E-state index contributed by atoms with van der Waals surface area (Å²) >= 11 is 0. The fourth-order valence-electron chi connectivity index (χ4n) is 2.59. The minimum Gasteiger partial charge on any atom is -0.493 e. The van der Waals surface area contributed by atoms with Crippen molar-refractivity contribution in [2.24, 2.45) is 0 Å². The number of aryl methyl sites for hydroxylation is 2. The maximum atomic E-state index is 11.0. The van der Waals surface area contributed by atoms with Gasteiger partial charge in [-0.25, -0.2) is 5.43 Å². The number of carbonyl (C=O) groups is 1. The molecule has 1 aliphatic heterocycles. The van der Waals surface area contributed by atoms with Gasteiger partial charge in [-0.3, -0.25) is 10.2 Å². The number of benzene rings is 1. The van der Waals surface area contributed by atoms with Crippen molar-refractivity contribution in [2.75, 3.05) is 6.61 Å². The Labute approximate surface area is 125 Å². The van der Waals surface area contributed by atoms with Crippen LogP contribution >= 0.6 is 0 Å². The Morgan fingerprint density at radius 1 is 1.38 bits per heavy atom. The monoisotopic (exact) mass is 287 g/mol. The number of nitrogens with zero attached hydrogens (tertiary/aromatic N) is 1. The molecular weight excluding hydrogens is 266 g/mol. The molecule has 0 saturated carbocycles. The molecule has 0 aliphatic carbocycles. The van der Waals surface area contributed by atoms with Crippen LogP contribution in [-0.2, 0) is 4.79 Å². The molecule has 1 aromatic rings. The van der Waals surface area contributed by atoms with Crippen LogP contribution in [0.2, 0.25) is 0 Å². The van der Waals surface area contributed by atoms with Crippen LogP contribution in [0.4, 0.5) is 0 Å². The molecule has 0 radical (unpaired) electrons. The summed E-state index contributed by atoms with van der Waals surface area (Å²) in [5.74, 6) is 0.935. The van der Waals surface area contributed by atoms with Gasteiger partial charge in [-0.05, 0) is 56.4 Å². The Morgan fingerprint density at radius 2 is 2.10 bits per heavy atom. The highest BCUT2D eigenvalue weighted by atomic mass is 16.5. The van der Waals surface area contributed by atoms with Crippen molar-refractivity contribution in [2.45, 2.75) is 45.6 Å². The van der Waals surface area contributed by atoms with Gasteiger partial charge in [-0.15, -0.1) is 0 Å². The predicted octanol–water partition coefficient (Wildman–Crippen LogP) is 2.12. The van der Waals surface area contributed by atoms with E-state index in [1.54, 1.807) is 0 Å². The predicted molar refractivity (Wildman–Crippen MR) is 79.7 cm³/mol. The van der Waals surface area contributed by atoms with E-state index in [0.29, 0.717) is 24.6 Å². The second-order valence-electron chi connectivity index (χ2n) is 5.47. The van der Waals surface area contributed by atoms with Crippen LogP contribution in [0.5, 0.6) is 5.75 Å². The van der Waals surface area contributed by atoms with E-state index in [4.69, 9.17) is 10.00 Å². The normalized spacial score (nSPS) is 18.0. The number of hydrogen-bond acceptors (Lipinski definition) is 4. The summed E-state index contributed by atoms with van der Waals surface area (Å²) < 4.78 is 5.85. The Hall–Kier alpha value is -2.06. The molecule has 5 heteroatoms. The molecule has 1 saturated heterocycles. The number of nitriles is 1. The zero-order chi connectivity index (χ0) is 15.2. The highest BCUT2D eigenvalue weighted by Gasteiger charge is 2.16. The van der Waals surface area contributed by atoms with E-state index < -0.39 is 0 Å². The lowest BCUT2D eigenvalue weighted by Crippen LogP contribution is -2.49. The summed E-state index contributed by atoms with van der Waals surface area (Å²) in [4.78, 5) is 11.0. The third-order valence-electron chi connectivity index (χ3n) is 3.67. The molecule has 0 bridgehead atoms. The standard InChI is InChI=1S/C16H21N3O2/c1-11-8-13(10-17)9-12(2)16(11)21-7-3-4-14-5-6-15(20)19-18-14/h8-9,14,18H,3-7H2,1-2H3,(H,19,20). The number of amides is 1. The van der Waals surface area contributed by atoms with E-state index in [1.165, 1.54) is 0 Å². The van der Waals surface area contributed by atoms with E-state index in [0.717, 1.165) is 36.1 Å². The van der Waals surface area contributed by atoms with Gasteiger partial charge >= 0.3 is 0 Å². The van der Waals surface area contributed by atoms with Crippen molar-refractivity contribution in [3.8, 4) is 11.8 Å². The van der Waals surface area contributed by atoms with Crippen molar-refractivity contribution in [3.05, 3.63) is 28.8 Å². The lowest BCUT2D eigenvalue weighted by molar-refractivity contribution is -0.124. The summed E-state index contributed by atoms with van der Waals surface area (Å²) in [6.07, 6.45) is 3.36. The van der Waals surface area contributed by atoms with Crippen LogP contribution < -0.4 is 15.6 Å². The summed E-state index contributed by atoms with van der Waals surface area (Å²) in [6, 6.07) is 6.18. The fraction of sp³-hybridized carbons (Fsp3) is 0.500. The van der Waals surface area contributed by atoms with Crippen LogP contribution in [0.3, 0.4) is 0 Å². The van der Waals surface area contributed by atoms with Gasteiger partial charge in [0.1, 0.15) is 5.75 Å². The molecule has 112 valence electrons. The van der Waals surface area contributed by atoms with Crippen LogP contribution in [-0.4, -0.2) is 18.6 Å². The van der Waals surface area contributed by atoms with E-state index in [9.17, 15) is 4.79 Å². The third-order valence-corrected chi connectivity index (χ3v) is 3.67. The molecule has 0 aromatic heterocycles. The van der Waals surface area contributed by atoms with Gasteiger partial charge < -0.3 is 4.74 Å². The fourth-order valence-corrected chi connectivity index (χ4v) is 2.59. The van der Waals surface area contributed by atoms with E-state index in [-0.39, 0.29) is 5.91 Å². The molecule has 0 spiro atoms. The average Bonchev–Trinajstić information content (AvgIpc) is 2.47. The number of ether oxygens (including phenoxy) is 1. The van der Waals surface area contributed by atoms with Crippen molar-refractivity contribution in [1.82, 2.24) is 10.9 Å². The molecule has 2 rings (SSSR count). The minimum absolute atomic E-state index is 0.0614. The molecular formula is C16H21N3O2. The van der Waals surface area contributed by atoms with Crippen molar-refractivity contribution < 1.29 is 9.53 Å². The van der Waals surface area contributed by atoms with E-state index in [1.807, 2.05) is 26.0 Å². The van der Waals surface area contributed by atoms with Gasteiger partial charge in [-0.1, -0.05) is 0 Å². The summed E-state index contributed by atoms with van der Waals surface area (Å²) in [6.45, 7) is 4.56. The van der Waals surface area contributed by atoms with E-state index >= 15 is 0 Å². The van der Waals surface area contributed by atoms with Crippen LogP contribution in [0.15, 0.2) is 12.1 Å². The number of rotatable bonds is 5. The molecule has 1 aromatic carbocycles. The SMILES string of the molecule is Cc1cc(C#N)cc(C)c1OCCCC1CCC(=O)NN1. The van der Waals surface area contributed by atoms with Crippen molar-refractivity contribution in [3.63, 3.8) is 0 Å². The van der Waals surface area contributed by atoms with Gasteiger partial charge in [-0.2, -0.15) is 5.26 Å². The molecule has 21 heavy (non-hydrogen) atoms.